The number of hydrogen-bond acceptors (Lipinski definition) is 3. The lowest BCUT2D eigenvalue weighted by molar-refractivity contribution is 0.175. The first-order valence-corrected chi connectivity index (χ1v) is 7.84. The smallest absolute Gasteiger partial charge is 0.0797 e. The first-order valence-electron chi connectivity index (χ1n) is 5.57. The van der Waals surface area contributed by atoms with Gasteiger partial charge in [0.15, 0.2) is 0 Å². The Morgan fingerprint density at radius 2 is 1.81 bits per heavy atom. The fourth-order valence-corrected chi connectivity index (χ4v) is 2.73. The molecular formula is C13H20OS2. The van der Waals surface area contributed by atoms with E-state index in [2.05, 4.69) is 32.2 Å². The van der Waals surface area contributed by atoms with Crippen molar-refractivity contribution >= 4 is 23.5 Å². The summed E-state index contributed by atoms with van der Waals surface area (Å²) >= 11 is 3.62. The van der Waals surface area contributed by atoms with Crippen LogP contribution in [0.4, 0.5) is 0 Å². The van der Waals surface area contributed by atoms with Crippen molar-refractivity contribution in [2.24, 2.45) is 0 Å². The maximum absolute atomic E-state index is 9.90. The van der Waals surface area contributed by atoms with Gasteiger partial charge in [0.2, 0.25) is 0 Å². The van der Waals surface area contributed by atoms with E-state index in [1.165, 1.54) is 4.90 Å². The lowest BCUT2D eigenvalue weighted by Gasteiger charge is -2.11. The van der Waals surface area contributed by atoms with Crippen LogP contribution in [-0.2, 0) is 0 Å². The first-order chi connectivity index (χ1) is 7.63. The molecule has 3 heteroatoms. The first kappa shape index (κ1) is 13.9. The summed E-state index contributed by atoms with van der Waals surface area (Å²) in [5, 5.41) is 10.5. The molecule has 0 aliphatic rings. The molecule has 1 atom stereocenters. The van der Waals surface area contributed by atoms with E-state index in [1.807, 2.05) is 23.9 Å². The van der Waals surface area contributed by atoms with Crippen molar-refractivity contribution in [1.82, 2.24) is 0 Å². The van der Waals surface area contributed by atoms with E-state index in [0.29, 0.717) is 5.25 Å². The predicted molar refractivity (Wildman–Crippen MR) is 75.4 cm³/mol. The fraction of sp³-hybridized carbons (Fsp3) is 0.538. The Labute approximate surface area is 107 Å². The molecule has 0 aromatic heterocycles. The van der Waals surface area contributed by atoms with Crippen molar-refractivity contribution in [3.63, 3.8) is 0 Å². The van der Waals surface area contributed by atoms with Gasteiger partial charge in [-0.25, -0.2) is 0 Å². The Bertz CT molecular complexity index is 295. The lowest BCUT2D eigenvalue weighted by Crippen LogP contribution is -1.98. The molecule has 1 N–H and O–H groups in total. The standard InChI is InChI=1S/C13H20OS2/c1-10(2)16-12-6-4-11(5-7-12)13(14)8-9-15-3/h4-7,10,13-14H,8-9H2,1-3H3. The van der Waals surface area contributed by atoms with Crippen molar-refractivity contribution in [2.45, 2.75) is 36.5 Å². The predicted octanol–water partition coefficient (Wildman–Crippen LogP) is 3.97. The molecule has 0 bridgehead atoms. The van der Waals surface area contributed by atoms with Gasteiger partial charge in [-0.15, -0.1) is 11.8 Å². The van der Waals surface area contributed by atoms with Crippen molar-refractivity contribution < 1.29 is 5.11 Å². The van der Waals surface area contributed by atoms with Gasteiger partial charge in [0.25, 0.3) is 0 Å². The van der Waals surface area contributed by atoms with Crippen LogP contribution in [-0.4, -0.2) is 22.4 Å². The SMILES string of the molecule is CSCCC(O)c1ccc(SC(C)C)cc1. The summed E-state index contributed by atoms with van der Waals surface area (Å²) in [5.41, 5.74) is 1.03. The molecule has 90 valence electrons. The van der Waals surface area contributed by atoms with Crippen LogP contribution in [0.1, 0.15) is 31.9 Å². The van der Waals surface area contributed by atoms with Gasteiger partial charge < -0.3 is 5.11 Å². The molecular weight excluding hydrogens is 236 g/mol. The molecule has 0 aliphatic carbocycles. The van der Waals surface area contributed by atoms with Gasteiger partial charge in [0, 0.05) is 10.1 Å². The Morgan fingerprint density at radius 3 is 2.31 bits per heavy atom. The summed E-state index contributed by atoms with van der Waals surface area (Å²) in [6.45, 7) is 4.37. The van der Waals surface area contributed by atoms with E-state index < -0.39 is 0 Å². The normalized spacial score (nSPS) is 13.1. The van der Waals surface area contributed by atoms with Crippen LogP contribution in [0.25, 0.3) is 0 Å². The highest BCUT2D eigenvalue weighted by molar-refractivity contribution is 7.99. The van der Waals surface area contributed by atoms with Gasteiger partial charge in [-0.3, -0.25) is 0 Å². The van der Waals surface area contributed by atoms with E-state index in [4.69, 9.17) is 0 Å². The van der Waals surface area contributed by atoms with E-state index in [9.17, 15) is 5.11 Å². The van der Waals surface area contributed by atoms with Crippen molar-refractivity contribution in [3.05, 3.63) is 29.8 Å². The third-order valence-corrected chi connectivity index (χ3v) is 3.89. The third kappa shape index (κ3) is 4.81. The molecule has 0 spiro atoms. The van der Waals surface area contributed by atoms with Crippen LogP contribution in [0, 0.1) is 0 Å². The average molecular weight is 256 g/mol. The molecule has 0 aliphatic heterocycles. The molecule has 1 nitrogen and oxygen atoms in total. The molecule has 1 rings (SSSR count). The highest BCUT2D eigenvalue weighted by Gasteiger charge is 2.07. The highest BCUT2D eigenvalue weighted by atomic mass is 32.2. The summed E-state index contributed by atoms with van der Waals surface area (Å²) in [6, 6.07) is 8.27. The van der Waals surface area contributed by atoms with Gasteiger partial charge in [0.1, 0.15) is 0 Å². The van der Waals surface area contributed by atoms with Crippen LogP contribution in [0.2, 0.25) is 0 Å². The second-order valence-corrected chi connectivity index (χ2v) is 6.67. The van der Waals surface area contributed by atoms with Gasteiger partial charge in [0.05, 0.1) is 6.10 Å². The molecule has 0 amide bonds. The van der Waals surface area contributed by atoms with Crippen molar-refractivity contribution in [3.8, 4) is 0 Å². The molecule has 0 fully saturated rings. The molecule has 0 radical (unpaired) electrons. The van der Waals surface area contributed by atoms with E-state index >= 15 is 0 Å². The summed E-state index contributed by atoms with van der Waals surface area (Å²) < 4.78 is 0. The summed E-state index contributed by atoms with van der Waals surface area (Å²) in [7, 11) is 0. The molecule has 1 unspecified atom stereocenters. The summed E-state index contributed by atoms with van der Waals surface area (Å²) in [6.07, 6.45) is 2.58. The Kier molecular flexibility index (Phi) is 6.32. The highest BCUT2D eigenvalue weighted by Crippen LogP contribution is 2.25. The van der Waals surface area contributed by atoms with E-state index in [1.54, 1.807) is 11.8 Å². The van der Waals surface area contributed by atoms with Crippen LogP contribution in [0.5, 0.6) is 0 Å². The zero-order chi connectivity index (χ0) is 12.0. The minimum absolute atomic E-state index is 0.314. The minimum atomic E-state index is -0.314. The molecule has 1 aromatic carbocycles. The monoisotopic (exact) mass is 256 g/mol. The lowest BCUT2D eigenvalue weighted by atomic mass is 10.1. The zero-order valence-electron chi connectivity index (χ0n) is 10.1. The Balaban J connectivity index is 2.56. The molecule has 16 heavy (non-hydrogen) atoms. The Morgan fingerprint density at radius 1 is 1.19 bits per heavy atom. The fourth-order valence-electron chi connectivity index (χ4n) is 1.44. The maximum Gasteiger partial charge on any atom is 0.0797 e. The van der Waals surface area contributed by atoms with Gasteiger partial charge in [-0.1, -0.05) is 26.0 Å². The number of hydrogen-bond donors (Lipinski definition) is 1. The van der Waals surface area contributed by atoms with E-state index in [-0.39, 0.29) is 6.10 Å². The number of aliphatic hydroxyl groups excluding tert-OH is 1. The van der Waals surface area contributed by atoms with Crippen LogP contribution >= 0.6 is 23.5 Å². The topological polar surface area (TPSA) is 20.2 Å². The molecule has 1 aromatic rings. The second-order valence-electron chi connectivity index (χ2n) is 4.03. The molecule has 0 saturated carbocycles. The van der Waals surface area contributed by atoms with Crippen LogP contribution in [0.15, 0.2) is 29.2 Å². The minimum Gasteiger partial charge on any atom is -0.388 e. The molecule has 0 saturated heterocycles. The van der Waals surface area contributed by atoms with Gasteiger partial charge in [-0.2, -0.15) is 11.8 Å². The van der Waals surface area contributed by atoms with Crippen molar-refractivity contribution in [2.75, 3.05) is 12.0 Å². The quantitative estimate of drug-likeness (QED) is 0.778. The van der Waals surface area contributed by atoms with Crippen LogP contribution in [0.3, 0.4) is 0 Å². The second kappa shape index (κ2) is 7.25. The number of thioether (sulfide) groups is 2. The third-order valence-electron chi connectivity index (χ3n) is 2.23. The zero-order valence-corrected chi connectivity index (χ0v) is 11.8. The summed E-state index contributed by atoms with van der Waals surface area (Å²) in [4.78, 5) is 1.27. The number of benzene rings is 1. The van der Waals surface area contributed by atoms with E-state index in [0.717, 1.165) is 17.7 Å². The van der Waals surface area contributed by atoms with Gasteiger partial charge in [-0.05, 0) is 36.1 Å². The number of rotatable bonds is 6. The average Bonchev–Trinajstić information content (AvgIpc) is 2.26. The largest absolute Gasteiger partial charge is 0.388 e. The number of aliphatic hydroxyl groups is 1. The summed E-state index contributed by atoms with van der Waals surface area (Å²) in [5.74, 6) is 1.00. The Hall–Kier alpha value is -0.120. The van der Waals surface area contributed by atoms with Gasteiger partial charge >= 0.3 is 0 Å². The van der Waals surface area contributed by atoms with Crippen molar-refractivity contribution in [1.29, 1.82) is 0 Å². The molecule has 0 heterocycles. The maximum atomic E-state index is 9.90. The van der Waals surface area contributed by atoms with Crippen LogP contribution < -0.4 is 0 Å².